The zero-order valence-electron chi connectivity index (χ0n) is 10.2. The van der Waals surface area contributed by atoms with E-state index < -0.39 is 5.60 Å². The number of benzene rings is 1. The third-order valence-corrected chi connectivity index (χ3v) is 3.97. The van der Waals surface area contributed by atoms with Crippen LogP contribution in [0.25, 0.3) is 0 Å². The number of aliphatic hydroxyl groups is 2. The smallest absolute Gasteiger partial charge is 0.0973 e. The maximum Gasteiger partial charge on any atom is 0.0973 e. The van der Waals surface area contributed by atoms with Crippen LogP contribution in [0.4, 0.5) is 0 Å². The van der Waals surface area contributed by atoms with Crippen molar-refractivity contribution in [2.24, 2.45) is 0 Å². The largest absolute Gasteiger partial charge is 0.393 e. The van der Waals surface area contributed by atoms with Crippen molar-refractivity contribution in [3.8, 4) is 0 Å². The molecule has 0 saturated heterocycles. The van der Waals surface area contributed by atoms with E-state index in [4.69, 9.17) is 39.9 Å². The van der Waals surface area contributed by atoms with Gasteiger partial charge in [-0.15, -0.1) is 0 Å². The van der Waals surface area contributed by atoms with Gasteiger partial charge in [0, 0.05) is 12.6 Å². The molecule has 1 aromatic rings. The molecular weight excluding hydrogens is 296 g/mol. The van der Waals surface area contributed by atoms with Gasteiger partial charge >= 0.3 is 0 Å². The molecule has 2 atom stereocenters. The van der Waals surface area contributed by atoms with E-state index in [0.29, 0.717) is 15.1 Å². The average Bonchev–Trinajstić information content (AvgIpc) is 2.33. The van der Waals surface area contributed by atoms with Crippen molar-refractivity contribution in [1.82, 2.24) is 5.32 Å². The summed E-state index contributed by atoms with van der Waals surface area (Å²) in [7, 11) is 0. The number of hydrogen-bond donors (Lipinski definition) is 3. The lowest BCUT2D eigenvalue weighted by molar-refractivity contribution is 0.00106. The first-order chi connectivity index (χ1) is 8.28. The maximum absolute atomic E-state index is 9.69. The minimum Gasteiger partial charge on any atom is -0.393 e. The summed E-state index contributed by atoms with van der Waals surface area (Å²) in [6.07, 6.45) is 0. The van der Waals surface area contributed by atoms with Gasteiger partial charge in [-0.2, -0.15) is 0 Å². The Hall–Kier alpha value is -0.0300. The highest BCUT2D eigenvalue weighted by molar-refractivity contribution is 6.48. The highest BCUT2D eigenvalue weighted by Gasteiger charge is 2.21. The molecule has 3 nitrogen and oxygen atoms in total. The second-order valence-corrected chi connectivity index (χ2v) is 5.69. The third-order valence-electron chi connectivity index (χ3n) is 2.66. The number of halogens is 3. The van der Waals surface area contributed by atoms with Crippen LogP contribution in [0, 0.1) is 0 Å². The van der Waals surface area contributed by atoms with E-state index in [1.165, 1.54) is 0 Å². The summed E-state index contributed by atoms with van der Waals surface area (Å²) in [5.74, 6) is 0. The van der Waals surface area contributed by atoms with Gasteiger partial charge in [0.2, 0.25) is 0 Å². The van der Waals surface area contributed by atoms with Crippen LogP contribution in [-0.2, 0) is 0 Å². The summed E-state index contributed by atoms with van der Waals surface area (Å²) in [5, 5.41) is 22.9. The minimum atomic E-state index is -1.17. The molecule has 0 aliphatic rings. The van der Waals surface area contributed by atoms with Crippen molar-refractivity contribution in [2.75, 3.05) is 13.2 Å². The van der Waals surface area contributed by atoms with Crippen LogP contribution in [0.3, 0.4) is 0 Å². The molecule has 0 spiro atoms. The van der Waals surface area contributed by atoms with Gasteiger partial charge in [-0.3, -0.25) is 0 Å². The summed E-state index contributed by atoms with van der Waals surface area (Å²) in [6.45, 7) is 3.35. The third kappa shape index (κ3) is 3.98. The zero-order chi connectivity index (χ0) is 13.9. The van der Waals surface area contributed by atoms with Crippen molar-refractivity contribution in [3.05, 3.63) is 32.8 Å². The molecule has 0 aliphatic heterocycles. The first-order valence-corrected chi connectivity index (χ1v) is 6.62. The van der Waals surface area contributed by atoms with Crippen LogP contribution >= 0.6 is 34.8 Å². The van der Waals surface area contributed by atoms with E-state index >= 15 is 0 Å². The Balaban J connectivity index is 2.79. The van der Waals surface area contributed by atoms with Crippen LogP contribution in [0.15, 0.2) is 12.1 Å². The topological polar surface area (TPSA) is 52.5 Å². The molecule has 6 heteroatoms. The highest BCUT2D eigenvalue weighted by Crippen LogP contribution is 2.35. The average molecular weight is 313 g/mol. The molecule has 3 N–H and O–H groups in total. The molecule has 102 valence electrons. The predicted octanol–water partition coefficient (Wildman–Crippen LogP) is 3.04. The lowest BCUT2D eigenvalue weighted by atomic mass is 10.1. The van der Waals surface area contributed by atoms with Gasteiger partial charge < -0.3 is 15.5 Å². The van der Waals surface area contributed by atoms with Gasteiger partial charge in [0.25, 0.3) is 0 Å². The zero-order valence-corrected chi connectivity index (χ0v) is 12.4. The number of hydrogen-bond acceptors (Lipinski definition) is 3. The standard InChI is InChI=1S/C12H16Cl3NO2/c1-7(16-5-12(2,18)6-17)8-3-4-9(13)11(15)10(8)14/h3-4,7,16-18H,5-6H2,1-2H3. The molecule has 0 amide bonds. The lowest BCUT2D eigenvalue weighted by Gasteiger charge is -2.24. The first-order valence-electron chi connectivity index (χ1n) is 5.48. The summed E-state index contributed by atoms with van der Waals surface area (Å²) in [5.41, 5.74) is -0.378. The molecule has 1 rings (SSSR count). The Bertz CT molecular complexity index is 424. The molecular formula is C12H16Cl3NO2. The quantitative estimate of drug-likeness (QED) is 0.733. The Morgan fingerprint density at radius 1 is 1.28 bits per heavy atom. The van der Waals surface area contributed by atoms with Gasteiger partial charge in [-0.05, 0) is 25.5 Å². The van der Waals surface area contributed by atoms with E-state index in [1.807, 2.05) is 6.92 Å². The lowest BCUT2D eigenvalue weighted by Crippen LogP contribution is -2.41. The fourth-order valence-corrected chi connectivity index (χ4v) is 2.12. The molecule has 1 aromatic carbocycles. The van der Waals surface area contributed by atoms with Crippen molar-refractivity contribution in [2.45, 2.75) is 25.5 Å². The van der Waals surface area contributed by atoms with Crippen LogP contribution in [0.1, 0.15) is 25.5 Å². The Kier molecular flexibility index (Phi) is 5.71. The normalized spacial score (nSPS) is 16.4. The van der Waals surface area contributed by atoms with Crippen LogP contribution in [0.5, 0.6) is 0 Å². The summed E-state index contributed by atoms with van der Waals surface area (Å²) >= 11 is 17.9. The van der Waals surface area contributed by atoms with Crippen LogP contribution < -0.4 is 5.32 Å². The SMILES string of the molecule is CC(NCC(C)(O)CO)c1ccc(Cl)c(Cl)c1Cl. The Morgan fingerprint density at radius 3 is 2.44 bits per heavy atom. The fourth-order valence-electron chi connectivity index (χ4n) is 1.41. The first kappa shape index (κ1) is 16.0. The fraction of sp³-hybridized carbons (Fsp3) is 0.500. The van der Waals surface area contributed by atoms with Crippen molar-refractivity contribution >= 4 is 34.8 Å². The molecule has 0 radical (unpaired) electrons. The van der Waals surface area contributed by atoms with Gasteiger partial charge in [0.05, 0.1) is 27.3 Å². The van der Waals surface area contributed by atoms with Gasteiger partial charge in [-0.1, -0.05) is 40.9 Å². The molecule has 0 fully saturated rings. The van der Waals surface area contributed by atoms with Crippen LogP contribution in [0.2, 0.25) is 15.1 Å². The molecule has 2 unspecified atom stereocenters. The summed E-state index contributed by atoms with van der Waals surface area (Å²) in [4.78, 5) is 0. The number of aliphatic hydroxyl groups excluding tert-OH is 1. The van der Waals surface area contributed by atoms with E-state index in [1.54, 1.807) is 19.1 Å². The van der Waals surface area contributed by atoms with E-state index in [9.17, 15) is 5.11 Å². The maximum atomic E-state index is 9.69. The summed E-state index contributed by atoms with van der Waals surface area (Å²) in [6, 6.07) is 3.33. The van der Waals surface area contributed by atoms with E-state index in [-0.39, 0.29) is 19.2 Å². The molecule has 0 bridgehead atoms. The summed E-state index contributed by atoms with van der Waals surface area (Å²) < 4.78 is 0. The Morgan fingerprint density at radius 2 is 1.89 bits per heavy atom. The molecule has 0 aliphatic carbocycles. The second kappa shape index (κ2) is 6.42. The highest BCUT2D eigenvalue weighted by atomic mass is 35.5. The Labute approximate surface area is 122 Å². The van der Waals surface area contributed by atoms with E-state index in [2.05, 4.69) is 5.32 Å². The monoisotopic (exact) mass is 311 g/mol. The second-order valence-electron chi connectivity index (χ2n) is 4.52. The van der Waals surface area contributed by atoms with Gasteiger partial charge in [0.1, 0.15) is 0 Å². The van der Waals surface area contributed by atoms with Crippen molar-refractivity contribution in [1.29, 1.82) is 0 Å². The van der Waals surface area contributed by atoms with Gasteiger partial charge in [0.15, 0.2) is 0 Å². The number of nitrogens with one attached hydrogen (secondary N) is 1. The minimum absolute atomic E-state index is 0.120. The molecule has 0 saturated carbocycles. The van der Waals surface area contributed by atoms with E-state index in [0.717, 1.165) is 5.56 Å². The predicted molar refractivity (Wildman–Crippen MR) is 75.6 cm³/mol. The molecule has 0 aromatic heterocycles. The van der Waals surface area contributed by atoms with Crippen LogP contribution in [-0.4, -0.2) is 29.0 Å². The molecule has 0 heterocycles. The molecule has 18 heavy (non-hydrogen) atoms. The number of rotatable bonds is 5. The van der Waals surface area contributed by atoms with Crippen molar-refractivity contribution < 1.29 is 10.2 Å². The van der Waals surface area contributed by atoms with Crippen molar-refractivity contribution in [3.63, 3.8) is 0 Å². The van der Waals surface area contributed by atoms with Gasteiger partial charge in [-0.25, -0.2) is 0 Å².